The Kier molecular flexibility index (Phi) is 6.50. The highest BCUT2D eigenvalue weighted by atomic mass is 19.1. The van der Waals surface area contributed by atoms with Crippen LogP contribution in [-0.2, 0) is 19.6 Å². The van der Waals surface area contributed by atoms with Crippen molar-refractivity contribution < 1.29 is 13.9 Å². The van der Waals surface area contributed by atoms with Gasteiger partial charge in [-0.2, -0.15) is 9.97 Å². The summed E-state index contributed by atoms with van der Waals surface area (Å²) in [6, 6.07) is 4.99. The topological polar surface area (TPSA) is 96.6 Å². The van der Waals surface area contributed by atoms with E-state index >= 15 is 0 Å². The average Bonchev–Trinajstić information content (AvgIpc) is 3.25. The first kappa shape index (κ1) is 21.3. The van der Waals surface area contributed by atoms with Crippen LogP contribution in [0.25, 0.3) is 0 Å². The smallest absolute Gasteiger partial charge is 0.322 e. The Bertz CT molecular complexity index is 948. The molecule has 9 heteroatoms. The molecule has 3 N–H and O–H groups in total. The predicted molar refractivity (Wildman–Crippen MR) is 116 cm³/mol. The van der Waals surface area contributed by atoms with Crippen LogP contribution in [0.1, 0.15) is 49.4 Å². The summed E-state index contributed by atoms with van der Waals surface area (Å²) in [5.74, 6) is -0.0161. The quantitative estimate of drug-likeness (QED) is 0.625. The molecular formula is C22H29FN6O2. The summed E-state index contributed by atoms with van der Waals surface area (Å²) < 4.78 is 19.9. The van der Waals surface area contributed by atoms with Crippen molar-refractivity contribution in [3.8, 4) is 6.01 Å². The summed E-state index contributed by atoms with van der Waals surface area (Å²) in [5.41, 5.74) is 8.58. The van der Waals surface area contributed by atoms with Crippen molar-refractivity contribution >= 4 is 17.5 Å². The highest BCUT2D eigenvalue weighted by Crippen LogP contribution is 2.29. The van der Waals surface area contributed by atoms with Gasteiger partial charge in [-0.3, -0.25) is 4.90 Å². The van der Waals surface area contributed by atoms with E-state index in [1.165, 1.54) is 6.07 Å². The molecule has 1 aromatic carbocycles. The maximum absolute atomic E-state index is 14.3. The molecule has 0 bridgehead atoms. The zero-order valence-electron chi connectivity index (χ0n) is 17.9. The molecule has 4 rings (SSSR count). The maximum Gasteiger partial charge on any atom is 0.322 e. The lowest BCUT2D eigenvalue weighted by molar-refractivity contribution is 0.202. The van der Waals surface area contributed by atoms with Gasteiger partial charge in [0.1, 0.15) is 11.5 Å². The minimum absolute atomic E-state index is 0.194. The van der Waals surface area contributed by atoms with Crippen LogP contribution in [0.4, 0.5) is 20.7 Å². The molecule has 0 aliphatic carbocycles. The Morgan fingerprint density at radius 2 is 2.03 bits per heavy atom. The monoisotopic (exact) mass is 428 g/mol. The van der Waals surface area contributed by atoms with Crippen molar-refractivity contribution in [3.63, 3.8) is 0 Å². The van der Waals surface area contributed by atoms with Crippen LogP contribution in [0.2, 0.25) is 0 Å². The van der Waals surface area contributed by atoms with Crippen molar-refractivity contribution in [1.82, 2.24) is 19.8 Å². The number of carbonyl (C=O) groups is 1. The molecule has 0 unspecified atom stereocenters. The molecule has 1 saturated heterocycles. The molecule has 0 saturated carbocycles. The lowest BCUT2D eigenvalue weighted by atomic mass is 10.1. The zero-order chi connectivity index (χ0) is 21.8. The highest BCUT2D eigenvalue weighted by Gasteiger charge is 2.27. The average molecular weight is 429 g/mol. The predicted octanol–water partition coefficient (Wildman–Crippen LogP) is 3.52. The number of nitrogen functional groups attached to an aromatic ring is 1. The van der Waals surface area contributed by atoms with Gasteiger partial charge in [0.15, 0.2) is 5.82 Å². The minimum atomic E-state index is -0.284. The van der Waals surface area contributed by atoms with Gasteiger partial charge >= 0.3 is 12.0 Å². The van der Waals surface area contributed by atoms with Gasteiger partial charge in [0.05, 0.1) is 18.8 Å². The van der Waals surface area contributed by atoms with Gasteiger partial charge in [-0.05, 0) is 50.0 Å². The summed E-state index contributed by atoms with van der Waals surface area (Å²) in [6.07, 6.45) is 4.21. The Morgan fingerprint density at radius 1 is 1.23 bits per heavy atom. The Labute approximate surface area is 181 Å². The lowest BCUT2D eigenvalue weighted by Gasteiger charge is -2.29. The summed E-state index contributed by atoms with van der Waals surface area (Å²) in [7, 11) is 0. The fraction of sp³-hybridized carbons (Fsp3) is 0.500. The number of rotatable bonds is 8. The van der Waals surface area contributed by atoms with E-state index < -0.39 is 0 Å². The van der Waals surface area contributed by atoms with E-state index in [9.17, 15) is 9.18 Å². The second-order valence-corrected chi connectivity index (χ2v) is 8.11. The van der Waals surface area contributed by atoms with Crippen LogP contribution in [0.5, 0.6) is 6.01 Å². The van der Waals surface area contributed by atoms with Gasteiger partial charge in [0.2, 0.25) is 0 Å². The summed E-state index contributed by atoms with van der Waals surface area (Å²) in [6.45, 7) is 5.80. The molecule has 8 nitrogen and oxygen atoms in total. The van der Waals surface area contributed by atoms with Crippen LogP contribution >= 0.6 is 0 Å². The number of aromatic nitrogens is 2. The van der Waals surface area contributed by atoms with E-state index in [0.717, 1.165) is 44.3 Å². The number of ether oxygens (including phenoxy) is 1. The van der Waals surface area contributed by atoms with Crippen molar-refractivity contribution in [3.05, 3.63) is 40.8 Å². The maximum atomic E-state index is 14.3. The molecule has 2 amide bonds. The van der Waals surface area contributed by atoms with E-state index in [4.69, 9.17) is 10.5 Å². The zero-order valence-corrected chi connectivity index (χ0v) is 17.9. The normalized spacial score (nSPS) is 16.3. The standard InChI is InChI=1S/C22H29FN6O2/c1-2-3-10-31-21-25-18-14-29(22(30)26-19(18)20(24)27-21)12-15-6-7-17(23)16(11-15)13-28-8-4-5-9-28/h6-7,11H,2-5,8-10,12-14H2,1H3,(H,26,30)(H2,24,25,27). The van der Waals surface area contributed by atoms with Crippen LogP contribution in [0, 0.1) is 5.82 Å². The number of fused-ring (bicyclic) bond motifs is 1. The molecule has 0 radical (unpaired) electrons. The molecule has 166 valence electrons. The van der Waals surface area contributed by atoms with Crippen LogP contribution in [-0.4, -0.2) is 45.5 Å². The fourth-order valence-electron chi connectivity index (χ4n) is 3.94. The number of hydrogen-bond acceptors (Lipinski definition) is 6. The third-order valence-corrected chi connectivity index (χ3v) is 5.66. The number of amides is 2. The van der Waals surface area contributed by atoms with Gasteiger partial charge < -0.3 is 20.7 Å². The van der Waals surface area contributed by atoms with Crippen LogP contribution in [0.3, 0.4) is 0 Å². The minimum Gasteiger partial charge on any atom is -0.463 e. The number of nitrogens with two attached hydrogens (primary N) is 1. The first-order valence-corrected chi connectivity index (χ1v) is 10.9. The molecule has 2 aliphatic heterocycles. The number of unbranched alkanes of at least 4 members (excludes halogenated alkanes) is 1. The molecule has 0 atom stereocenters. The second kappa shape index (κ2) is 9.47. The number of nitrogens with one attached hydrogen (secondary N) is 1. The Balaban J connectivity index is 1.48. The summed E-state index contributed by atoms with van der Waals surface area (Å²) in [4.78, 5) is 25.1. The first-order valence-electron chi connectivity index (χ1n) is 10.9. The SMILES string of the molecule is CCCCOc1nc(N)c2c(n1)CN(Cc1ccc(F)c(CN3CCCC3)c1)C(=O)N2. The Morgan fingerprint density at radius 3 is 2.81 bits per heavy atom. The van der Waals surface area contributed by atoms with Gasteiger partial charge in [0, 0.05) is 18.7 Å². The van der Waals surface area contributed by atoms with Crippen LogP contribution < -0.4 is 15.8 Å². The number of anilines is 2. The van der Waals surface area contributed by atoms with Crippen molar-refractivity contribution in [2.75, 3.05) is 30.7 Å². The van der Waals surface area contributed by atoms with Crippen molar-refractivity contribution in [2.24, 2.45) is 0 Å². The number of hydrogen-bond donors (Lipinski definition) is 2. The molecule has 31 heavy (non-hydrogen) atoms. The number of benzene rings is 1. The fourth-order valence-corrected chi connectivity index (χ4v) is 3.94. The Hall–Kier alpha value is -2.94. The van der Waals surface area contributed by atoms with E-state index in [1.54, 1.807) is 11.0 Å². The lowest BCUT2D eigenvalue weighted by Crippen LogP contribution is -2.39. The number of carbonyl (C=O) groups excluding carboxylic acids is 1. The van der Waals surface area contributed by atoms with E-state index in [0.29, 0.717) is 36.6 Å². The van der Waals surface area contributed by atoms with Gasteiger partial charge in [-0.25, -0.2) is 9.18 Å². The van der Waals surface area contributed by atoms with E-state index in [-0.39, 0.29) is 30.2 Å². The first-order chi connectivity index (χ1) is 15.0. The third kappa shape index (κ3) is 5.04. The van der Waals surface area contributed by atoms with Gasteiger partial charge in [0.25, 0.3) is 0 Å². The highest BCUT2D eigenvalue weighted by molar-refractivity contribution is 5.94. The number of halogens is 1. The third-order valence-electron chi connectivity index (χ3n) is 5.66. The molecule has 2 aromatic rings. The van der Waals surface area contributed by atoms with Gasteiger partial charge in [-0.15, -0.1) is 0 Å². The number of urea groups is 1. The van der Waals surface area contributed by atoms with Crippen LogP contribution in [0.15, 0.2) is 18.2 Å². The molecular weight excluding hydrogens is 399 g/mol. The molecule has 1 aromatic heterocycles. The number of likely N-dealkylation sites (tertiary alicyclic amines) is 1. The van der Waals surface area contributed by atoms with E-state index in [2.05, 4.69) is 27.1 Å². The molecule has 1 fully saturated rings. The molecule has 2 aliphatic rings. The summed E-state index contributed by atoms with van der Waals surface area (Å²) in [5, 5.41) is 2.78. The number of nitrogens with zero attached hydrogens (tertiary/aromatic N) is 4. The second-order valence-electron chi connectivity index (χ2n) is 8.11. The van der Waals surface area contributed by atoms with Gasteiger partial charge in [-0.1, -0.05) is 19.4 Å². The van der Waals surface area contributed by atoms with Crippen molar-refractivity contribution in [1.29, 1.82) is 0 Å². The molecule has 3 heterocycles. The van der Waals surface area contributed by atoms with Crippen molar-refractivity contribution in [2.45, 2.75) is 52.2 Å². The summed E-state index contributed by atoms with van der Waals surface area (Å²) >= 11 is 0. The molecule has 0 spiro atoms. The largest absolute Gasteiger partial charge is 0.463 e. The van der Waals surface area contributed by atoms with E-state index in [1.807, 2.05) is 6.07 Å².